The SMILES string of the molecule is CCN1C[C@H]2C3(CCN(C(=O)c4cc(C)on4)CC3)CC[C@@]2(C(=O)N2CCCC2)C1.O=C(O)C(F)(F)F. The number of carboxylic acids is 1. The normalized spacial score (nSPS) is 27.2. The molecule has 1 aromatic heterocycles. The maximum Gasteiger partial charge on any atom is 0.490 e. The zero-order valence-electron chi connectivity index (χ0n) is 21.4. The molecular formula is C25H35F3N4O5. The third-order valence-corrected chi connectivity index (χ3v) is 8.82. The molecule has 1 spiro atoms. The Morgan fingerprint density at radius 2 is 1.70 bits per heavy atom. The van der Waals surface area contributed by atoms with Crippen molar-refractivity contribution in [2.45, 2.75) is 58.5 Å². The van der Waals surface area contributed by atoms with Crippen LogP contribution in [0, 0.1) is 23.7 Å². The standard InChI is InChI=1S/C23H34N4O3.C2HF3O2/c1-3-25-15-19-22(6-7-23(19,16-25)21(29)27-10-4-5-11-27)8-12-26(13-9-22)20(28)18-14-17(2)30-24-18;3-2(4,5)1(6)7/h14,19H,3-13,15-16H2,1-2H3;(H,6,7)/t19-,23+;/m0./s1. The Morgan fingerprint density at radius 1 is 1.08 bits per heavy atom. The van der Waals surface area contributed by atoms with Crippen molar-refractivity contribution < 1.29 is 37.2 Å². The Labute approximate surface area is 213 Å². The molecule has 1 aromatic rings. The Morgan fingerprint density at radius 3 is 2.22 bits per heavy atom. The van der Waals surface area contributed by atoms with E-state index in [-0.39, 0.29) is 16.7 Å². The van der Waals surface area contributed by atoms with Crippen LogP contribution in [0.2, 0.25) is 0 Å². The second-order valence-electron chi connectivity index (χ2n) is 10.8. The second kappa shape index (κ2) is 10.3. The lowest BCUT2D eigenvalue weighted by molar-refractivity contribution is -0.192. The number of rotatable bonds is 3. The molecule has 5 rings (SSSR count). The van der Waals surface area contributed by atoms with Crippen LogP contribution in [0.15, 0.2) is 10.6 Å². The van der Waals surface area contributed by atoms with Gasteiger partial charge in [0.15, 0.2) is 5.69 Å². The summed E-state index contributed by atoms with van der Waals surface area (Å²) in [6.45, 7) is 10.4. The van der Waals surface area contributed by atoms with Crippen molar-refractivity contribution >= 4 is 17.8 Å². The van der Waals surface area contributed by atoms with Gasteiger partial charge in [0, 0.05) is 45.3 Å². The molecular weight excluding hydrogens is 493 g/mol. The molecule has 37 heavy (non-hydrogen) atoms. The summed E-state index contributed by atoms with van der Waals surface area (Å²) in [5.41, 5.74) is 0.400. The summed E-state index contributed by atoms with van der Waals surface area (Å²) in [5, 5.41) is 11.0. The first kappa shape index (κ1) is 27.4. The van der Waals surface area contributed by atoms with E-state index >= 15 is 0 Å². The number of aliphatic carboxylic acids is 1. The second-order valence-corrected chi connectivity index (χ2v) is 10.8. The lowest BCUT2D eigenvalue weighted by atomic mass is 9.65. The minimum atomic E-state index is -5.08. The van der Waals surface area contributed by atoms with Gasteiger partial charge in [0.1, 0.15) is 5.76 Å². The highest BCUT2D eigenvalue weighted by atomic mass is 19.4. The molecule has 1 aliphatic carbocycles. The maximum absolute atomic E-state index is 13.7. The molecule has 1 N–H and O–H groups in total. The molecule has 9 nitrogen and oxygen atoms in total. The lowest BCUT2D eigenvalue weighted by Crippen LogP contribution is -2.50. The van der Waals surface area contributed by atoms with Crippen LogP contribution in [0.25, 0.3) is 0 Å². The van der Waals surface area contributed by atoms with E-state index in [1.165, 1.54) is 0 Å². The number of nitrogens with zero attached hydrogens (tertiary/aromatic N) is 4. The van der Waals surface area contributed by atoms with Crippen LogP contribution in [-0.2, 0) is 9.59 Å². The molecule has 3 aliphatic heterocycles. The third-order valence-electron chi connectivity index (χ3n) is 8.82. The Kier molecular flexibility index (Phi) is 7.60. The largest absolute Gasteiger partial charge is 0.490 e. The highest BCUT2D eigenvalue weighted by Gasteiger charge is 2.64. The average Bonchev–Trinajstić information content (AvgIpc) is 3.65. The van der Waals surface area contributed by atoms with Crippen LogP contribution in [0.5, 0.6) is 0 Å². The van der Waals surface area contributed by atoms with Crippen LogP contribution in [-0.4, -0.2) is 94.7 Å². The van der Waals surface area contributed by atoms with Crippen molar-refractivity contribution in [1.82, 2.24) is 19.9 Å². The number of aryl methyl sites for hydroxylation is 1. The minimum Gasteiger partial charge on any atom is -0.475 e. The van der Waals surface area contributed by atoms with Gasteiger partial charge in [0.25, 0.3) is 5.91 Å². The van der Waals surface area contributed by atoms with E-state index in [4.69, 9.17) is 14.4 Å². The average molecular weight is 529 g/mol. The number of hydrogen-bond acceptors (Lipinski definition) is 6. The highest BCUT2D eigenvalue weighted by Crippen LogP contribution is 2.62. The van der Waals surface area contributed by atoms with Gasteiger partial charge < -0.3 is 24.3 Å². The van der Waals surface area contributed by atoms with E-state index in [9.17, 15) is 22.8 Å². The van der Waals surface area contributed by atoms with Crippen LogP contribution in [0.1, 0.15) is 61.7 Å². The zero-order valence-corrected chi connectivity index (χ0v) is 21.4. The minimum absolute atomic E-state index is 0.0271. The van der Waals surface area contributed by atoms with Gasteiger partial charge in [-0.15, -0.1) is 0 Å². The van der Waals surface area contributed by atoms with E-state index in [0.717, 1.165) is 84.3 Å². The van der Waals surface area contributed by atoms with Gasteiger partial charge in [-0.2, -0.15) is 13.2 Å². The summed E-state index contributed by atoms with van der Waals surface area (Å²) in [5.74, 6) is -1.27. The topological polar surface area (TPSA) is 107 Å². The Balaban J connectivity index is 0.000000405. The number of amides is 2. The number of halogens is 3. The van der Waals surface area contributed by atoms with E-state index in [2.05, 4.69) is 21.9 Å². The smallest absolute Gasteiger partial charge is 0.475 e. The van der Waals surface area contributed by atoms with Crippen molar-refractivity contribution in [3.63, 3.8) is 0 Å². The van der Waals surface area contributed by atoms with Gasteiger partial charge in [-0.1, -0.05) is 12.1 Å². The number of aromatic nitrogens is 1. The molecule has 0 bridgehead atoms. The zero-order chi connectivity index (χ0) is 27.0. The Bertz CT molecular complexity index is 1010. The molecule has 4 heterocycles. The summed E-state index contributed by atoms with van der Waals surface area (Å²) >= 11 is 0. The monoisotopic (exact) mass is 528 g/mol. The Hall–Kier alpha value is -2.63. The van der Waals surface area contributed by atoms with Crippen molar-refractivity contribution in [3.8, 4) is 0 Å². The molecule has 1 saturated carbocycles. The molecule has 2 atom stereocenters. The van der Waals surface area contributed by atoms with E-state index in [1.807, 2.05) is 11.8 Å². The van der Waals surface area contributed by atoms with E-state index in [1.54, 1.807) is 6.07 Å². The molecule has 0 aromatic carbocycles. The molecule has 0 unspecified atom stereocenters. The lowest BCUT2D eigenvalue weighted by Gasteiger charge is -2.44. The van der Waals surface area contributed by atoms with Crippen molar-refractivity contribution in [2.75, 3.05) is 45.8 Å². The fourth-order valence-corrected chi connectivity index (χ4v) is 6.87. The number of likely N-dealkylation sites (tertiary alicyclic amines) is 3. The molecule has 3 saturated heterocycles. The van der Waals surface area contributed by atoms with E-state index in [0.29, 0.717) is 23.3 Å². The van der Waals surface area contributed by atoms with Crippen LogP contribution in [0.4, 0.5) is 13.2 Å². The van der Waals surface area contributed by atoms with Crippen LogP contribution in [0.3, 0.4) is 0 Å². The summed E-state index contributed by atoms with van der Waals surface area (Å²) in [6.07, 6.45) is 1.33. The quantitative estimate of drug-likeness (QED) is 0.642. The number of carbonyl (C=O) groups excluding carboxylic acids is 2. The molecule has 12 heteroatoms. The summed E-state index contributed by atoms with van der Waals surface area (Å²) in [7, 11) is 0. The summed E-state index contributed by atoms with van der Waals surface area (Å²) in [6, 6.07) is 1.72. The van der Waals surface area contributed by atoms with Crippen molar-refractivity contribution in [1.29, 1.82) is 0 Å². The van der Waals surface area contributed by atoms with Gasteiger partial charge in [-0.3, -0.25) is 9.59 Å². The number of fused-ring (bicyclic) bond motifs is 2. The predicted octanol–water partition coefficient (Wildman–Crippen LogP) is 3.19. The van der Waals surface area contributed by atoms with Gasteiger partial charge in [-0.25, -0.2) is 4.79 Å². The number of hydrogen-bond donors (Lipinski definition) is 1. The number of carboxylic acid groups (broad SMARTS) is 1. The van der Waals surface area contributed by atoms with Crippen LogP contribution < -0.4 is 0 Å². The molecule has 0 radical (unpaired) electrons. The van der Waals surface area contributed by atoms with Gasteiger partial charge in [0.05, 0.1) is 5.41 Å². The van der Waals surface area contributed by atoms with Gasteiger partial charge in [-0.05, 0) is 63.3 Å². The number of carbonyl (C=O) groups is 3. The molecule has 206 valence electrons. The fourth-order valence-electron chi connectivity index (χ4n) is 6.87. The van der Waals surface area contributed by atoms with E-state index < -0.39 is 12.1 Å². The highest BCUT2D eigenvalue weighted by molar-refractivity contribution is 5.92. The fraction of sp³-hybridized carbons (Fsp3) is 0.760. The maximum atomic E-state index is 13.7. The molecule has 2 amide bonds. The summed E-state index contributed by atoms with van der Waals surface area (Å²) in [4.78, 5) is 42.0. The first-order valence-electron chi connectivity index (χ1n) is 13.0. The first-order valence-corrected chi connectivity index (χ1v) is 13.0. The number of alkyl halides is 3. The molecule has 4 fully saturated rings. The van der Waals surface area contributed by atoms with Crippen molar-refractivity contribution in [3.05, 3.63) is 17.5 Å². The first-order chi connectivity index (χ1) is 17.4. The van der Waals surface area contributed by atoms with Crippen LogP contribution >= 0.6 is 0 Å². The predicted molar refractivity (Wildman–Crippen MR) is 126 cm³/mol. The molecule has 4 aliphatic rings. The number of piperidine rings is 1. The van der Waals surface area contributed by atoms with Gasteiger partial charge >= 0.3 is 12.1 Å². The third kappa shape index (κ3) is 5.21. The van der Waals surface area contributed by atoms with Gasteiger partial charge in [0.2, 0.25) is 5.91 Å². The summed E-state index contributed by atoms with van der Waals surface area (Å²) < 4.78 is 36.8. The van der Waals surface area contributed by atoms with Crippen molar-refractivity contribution in [2.24, 2.45) is 16.7 Å².